The zero-order chi connectivity index (χ0) is 25.2. The van der Waals surface area contributed by atoms with Crippen LogP contribution in [0.3, 0.4) is 0 Å². The number of alkyl halides is 2. The number of hydrogen-bond acceptors (Lipinski definition) is 7. The zero-order valence-electron chi connectivity index (χ0n) is 19.1. The monoisotopic (exact) mass is 541 g/mol. The van der Waals surface area contributed by atoms with Gasteiger partial charge >= 0.3 is 6.43 Å². The van der Waals surface area contributed by atoms with Crippen molar-refractivity contribution in [2.24, 2.45) is 0 Å². The van der Waals surface area contributed by atoms with Gasteiger partial charge in [0.25, 0.3) is 5.89 Å². The van der Waals surface area contributed by atoms with E-state index in [1.807, 2.05) is 4.31 Å². The second-order valence-corrected chi connectivity index (χ2v) is 10.6. The molecule has 6 nitrogen and oxygen atoms in total. The molecule has 5 rings (SSSR count). The first kappa shape index (κ1) is 25.3. The quantitative estimate of drug-likeness (QED) is 0.290. The summed E-state index contributed by atoms with van der Waals surface area (Å²) in [5.74, 6) is -2.06. The van der Waals surface area contributed by atoms with E-state index >= 15 is 4.39 Å². The van der Waals surface area contributed by atoms with E-state index in [1.165, 1.54) is 18.2 Å². The van der Waals surface area contributed by atoms with Gasteiger partial charge in [-0.15, -0.1) is 10.2 Å². The van der Waals surface area contributed by atoms with E-state index in [9.17, 15) is 13.2 Å². The molecule has 0 bridgehead atoms. The van der Waals surface area contributed by atoms with Crippen LogP contribution in [0.25, 0.3) is 11.5 Å². The highest BCUT2D eigenvalue weighted by Crippen LogP contribution is 2.36. The summed E-state index contributed by atoms with van der Waals surface area (Å²) in [6, 6.07) is 9.35. The first-order valence-electron chi connectivity index (χ1n) is 11.6. The summed E-state index contributed by atoms with van der Waals surface area (Å²) in [6.45, 7) is 4.24. The molecule has 2 fully saturated rings. The lowest BCUT2D eigenvalue weighted by molar-refractivity contribution is 0.116. The van der Waals surface area contributed by atoms with Crippen molar-refractivity contribution < 1.29 is 22.0 Å². The molecule has 0 saturated carbocycles. The van der Waals surface area contributed by atoms with Crippen molar-refractivity contribution in [1.29, 1.82) is 0 Å². The van der Waals surface area contributed by atoms with E-state index in [-0.39, 0.29) is 23.0 Å². The molecule has 0 amide bonds. The van der Waals surface area contributed by atoms with Crippen molar-refractivity contribution >= 4 is 29.2 Å². The van der Waals surface area contributed by atoms with E-state index in [4.69, 9.17) is 16.0 Å². The number of anilines is 1. The molecule has 2 saturated heterocycles. The van der Waals surface area contributed by atoms with E-state index in [1.54, 1.807) is 30.1 Å². The summed E-state index contributed by atoms with van der Waals surface area (Å²) < 4.78 is 61.3. The number of hydrogen-bond donors (Lipinski definition) is 1. The van der Waals surface area contributed by atoms with Crippen LogP contribution < -0.4 is 9.62 Å². The molecule has 12 heteroatoms. The van der Waals surface area contributed by atoms with Crippen LogP contribution in [0.4, 0.5) is 23.2 Å². The van der Waals surface area contributed by atoms with E-state index in [0.29, 0.717) is 22.5 Å². The van der Waals surface area contributed by atoms with Crippen molar-refractivity contribution in [2.75, 3.05) is 30.5 Å². The third kappa shape index (κ3) is 5.64. The van der Waals surface area contributed by atoms with Crippen LogP contribution in [0.1, 0.15) is 30.7 Å². The summed E-state index contributed by atoms with van der Waals surface area (Å²) in [5.41, 5.74) is 1.25. The lowest BCUT2D eigenvalue weighted by Crippen LogP contribution is -2.59. The number of halogens is 5. The second kappa shape index (κ2) is 11.0. The normalized spacial score (nSPS) is 17.5. The van der Waals surface area contributed by atoms with Crippen molar-refractivity contribution in [2.45, 2.75) is 37.1 Å². The topological polar surface area (TPSA) is 57.4 Å². The lowest BCUT2D eigenvalue weighted by atomic mass is 10.0. The van der Waals surface area contributed by atoms with Gasteiger partial charge in [-0.1, -0.05) is 17.7 Å². The van der Waals surface area contributed by atoms with Gasteiger partial charge in [0.1, 0.15) is 11.6 Å². The van der Waals surface area contributed by atoms with Gasteiger partial charge in [-0.3, -0.25) is 4.90 Å². The Kier molecular flexibility index (Phi) is 7.71. The van der Waals surface area contributed by atoms with Gasteiger partial charge in [0.2, 0.25) is 5.89 Å². The molecule has 192 valence electrons. The summed E-state index contributed by atoms with van der Waals surface area (Å²) in [5, 5.41) is 10.5. The molecule has 2 aliphatic rings. The zero-order valence-corrected chi connectivity index (χ0v) is 20.7. The Morgan fingerprint density at radius 1 is 1.08 bits per heavy atom. The standard InChI is InChI=1S/C24H24ClF4N5OS/c25-19-10-16(3-4-20(19)26)34(36-18-5-7-33(8-6-18)17-11-30-12-17)13-15-2-1-14(9-21(15)27)23-31-32-24(35-23)22(28)29/h1-4,9-10,17-18,22,30H,5-8,11-13H2. The predicted molar refractivity (Wildman–Crippen MR) is 131 cm³/mol. The van der Waals surface area contributed by atoms with E-state index < -0.39 is 24.0 Å². The molecule has 2 aromatic carbocycles. The first-order chi connectivity index (χ1) is 17.4. The molecule has 0 atom stereocenters. The van der Waals surface area contributed by atoms with Gasteiger partial charge in [0, 0.05) is 41.2 Å². The van der Waals surface area contributed by atoms with Crippen LogP contribution in [0.2, 0.25) is 5.02 Å². The van der Waals surface area contributed by atoms with E-state index in [0.717, 1.165) is 39.0 Å². The summed E-state index contributed by atoms with van der Waals surface area (Å²) in [6.07, 6.45) is -0.935. The Morgan fingerprint density at radius 3 is 2.47 bits per heavy atom. The Labute approximate surface area is 215 Å². The number of piperidine rings is 1. The SMILES string of the molecule is Fc1ccc(N(Cc2ccc(-c3nnc(C(F)F)o3)cc2F)SC2CCN(C3CNC3)CC2)cc1Cl. The number of aromatic nitrogens is 2. The number of benzene rings is 2. The fourth-order valence-corrected chi connectivity index (χ4v) is 5.70. The molecule has 0 aliphatic carbocycles. The van der Waals surface area contributed by atoms with Crippen LogP contribution >= 0.6 is 23.5 Å². The summed E-state index contributed by atoms with van der Waals surface area (Å²) in [4.78, 5) is 2.50. The minimum atomic E-state index is -2.90. The highest BCUT2D eigenvalue weighted by Gasteiger charge is 2.30. The molecule has 0 unspecified atom stereocenters. The Balaban J connectivity index is 1.33. The molecule has 2 aliphatic heterocycles. The van der Waals surface area contributed by atoms with Crippen molar-refractivity contribution in [3.05, 3.63) is 64.5 Å². The maximum Gasteiger partial charge on any atom is 0.314 e. The number of nitrogens with zero attached hydrogens (tertiary/aromatic N) is 4. The highest BCUT2D eigenvalue weighted by atomic mass is 35.5. The maximum absolute atomic E-state index is 15.1. The third-order valence-electron chi connectivity index (χ3n) is 6.46. The highest BCUT2D eigenvalue weighted by molar-refractivity contribution is 8.01. The molecule has 0 radical (unpaired) electrons. The minimum Gasteiger partial charge on any atom is -0.415 e. The average molecular weight is 542 g/mol. The fourth-order valence-electron chi connectivity index (χ4n) is 4.29. The van der Waals surface area contributed by atoms with Gasteiger partial charge in [-0.05, 0) is 68.2 Å². The smallest absolute Gasteiger partial charge is 0.314 e. The maximum atomic E-state index is 15.1. The van der Waals surface area contributed by atoms with Crippen molar-refractivity contribution in [3.8, 4) is 11.5 Å². The van der Waals surface area contributed by atoms with Crippen molar-refractivity contribution in [3.63, 3.8) is 0 Å². The fraction of sp³-hybridized carbons (Fsp3) is 0.417. The molecule has 1 aromatic heterocycles. The summed E-state index contributed by atoms with van der Waals surface area (Å²) in [7, 11) is 0. The van der Waals surface area contributed by atoms with Gasteiger partial charge in [-0.2, -0.15) is 8.78 Å². The average Bonchev–Trinajstić information content (AvgIpc) is 3.32. The predicted octanol–water partition coefficient (Wildman–Crippen LogP) is 5.70. The number of rotatable bonds is 8. The van der Waals surface area contributed by atoms with Crippen LogP contribution in [-0.4, -0.2) is 52.6 Å². The molecule has 3 heterocycles. The largest absolute Gasteiger partial charge is 0.415 e. The number of nitrogens with one attached hydrogen (secondary N) is 1. The van der Waals surface area contributed by atoms with Gasteiger partial charge in [0.15, 0.2) is 0 Å². The number of likely N-dealkylation sites (tertiary alicyclic amines) is 1. The molecular weight excluding hydrogens is 518 g/mol. The lowest BCUT2D eigenvalue weighted by Gasteiger charge is -2.42. The van der Waals surface area contributed by atoms with Crippen LogP contribution in [0.15, 0.2) is 40.8 Å². The van der Waals surface area contributed by atoms with Crippen LogP contribution in [0.5, 0.6) is 0 Å². The van der Waals surface area contributed by atoms with Crippen LogP contribution in [-0.2, 0) is 6.54 Å². The van der Waals surface area contributed by atoms with E-state index in [2.05, 4.69) is 20.4 Å². The Hall–Kier alpha value is -2.34. The molecular formula is C24H24ClF4N5OS. The molecule has 3 aromatic rings. The summed E-state index contributed by atoms with van der Waals surface area (Å²) >= 11 is 7.65. The molecule has 1 N–H and O–H groups in total. The van der Waals surface area contributed by atoms with Gasteiger partial charge < -0.3 is 14.0 Å². The second-order valence-electron chi connectivity index (χ2n) is 8.84. The van der Waals surface area contributed by atoms with Crippen molar-refractivity contribution in [1.82, 2.24) is 20.4 Å². The molecule has 36 heavy (non-hydrogen) atoms. The minimum absolute atomic E-state index is 0.00699. The Bertz CT molecular complexity index is 1200. The van der Waals surface area contributed by atoms with Gasteiger partial charge in [0.05, 0.1) is 11.6 Å². The molecule has 0 spiro atoms. The third-order valence-corrected chi connectivity index (χ3v) is 8.12. The Morgan fingerprint density at radius 2 is 1.86 bits per heavy atom. The first-order valence-corrected chi connectivity index (χ1v) is 12.8. The van der Waals surface area contributed by atoms with Crippen LogP contribution in [0, 0.1) is 11.6 Å². The van der Waals surface area contributed by atoms with Gasteiger partial charge in [-0.25, -0.2) is 8.78 Å².